The fraction of sp³-hybridized carbons (Fsp3) is 0.905. The molecule has 2 bridgehead atoms. The number of aliphatic hydroxyl groups is 6. The summed E-state index contributed by atoms with van der Waals surface area (Å²) in [5, 5.41) is 61.5. The van der Waals surface area contributed by atoms with Crippen molar-refractivity contribution in [3.8, 4) is 0 Å². The maximum atomic E-state index is 10.7. The molecule has 2 saturated heterocycles. The Labute approximate surface area is 181 Å². The number of allylic oxidation sites excluding steroid dienone is 1. The van der Waals surface area contributed by atoms with Gasteiger partial charge in [-0.05, 0) is 42.1 Å². The van der Waals surface area contributed by atoms with E-state index in [9.17, 15) is 30.6 Å². The van der Waals surface area contributed by atoms with Crippen LogP contribution in [0.5, 0.6) is 0 Å². The first-order valence-electron chi connectivity index (χ1n) is 10.9. The first-order valence-corrected chi connectivity index (χ1v) is 10.9. The van der Waals surface area contributed by atoms with Crippen LogP contribution in [-0.4, -0.2) is 99.7 Å². The molecule has 5 rings (SSSR count). The second kappa shape index (κ2) is 8.51. The molecule has 0 aromatic rings. The van der Waals surface area contributed by atoms with Crippen molar-refractivity contribution in [3.05, 3.63) is 11.3 Å². The highest BCUT2D eigenvalue weighted by Crippen LogP contribution is 2.62. The van der Waals surface area contributed by atoms with Gasteiger partial charge in [0.15, 0.2) is 6.29 Å². The lowest BCUT2D eigenvalue weighted by molar-refractivity contribution is -0.302. The van der Waals surface area contributed by atoms with E-state index in [4.69, 9.17) is 18.9 Å². The molecule has 2 heterocycles. The summed E-state index contributed by atoms with van der Waals surface area (Å²) in [7, 11) is 1.31. The van der Waals surface area contributed by atoms with Gasteiger partial charge >= 0.3 is 0 Å². The van der Waals surface area contributed by atoms with Crippen LogP contribution in [0.3, 0.4) is 0 Å². The molecule has 11 atom stereocenters. The molecule has 10 heteroatoms. The van der Waals surface area contributed by atoms with Gasteiger partial charge in [-0.25, -0.2) is 0 Å². The van der Waals surface area contributed by atoms with Crippen LogP contribution in [0.1, 0.15) is 33.1 Å². The van der Waals surface area contributed by atoms with E-state index in [0.29, 0.717) is 12.3 Å². The van der Waals surface area contributed by atoms with Gasteiger partial charge in [0.1, 0.15) is 48.5 Å². The highest BCUT2D eigenvalue weighted by Gasteiger charge is 2.56. The molecule has 5 aliphatic rings. The Morgan fingerprint density at radius 3 is 2.23 bits per heavy atom. The third-order valence-corrected chi connectivity index (χ3v) is 7.73. The number of aliphatic hydroxyl groups excluding tert-OH is 6. The SMILES string of the molecule is CO[C@H]1O[C@@H](/C(O[C@@H]2OC[C@H](O)[C@H](O)[C@H]2O)=C2\CCC3CC2C3(C)C)[C@@H](O)[C@H](O)[C@H]1O. The summed E-state index contributed by atoms with van der Waals surface area (Å²) in [5.41, 5.74) is 0.911. The lowest BCUT2D eigenvalue weighted by atomic mass is 9.47. The molecule has 0 radical (unpaired) electrons. The molecule has 178 valence electrons. The lowest BCUT2D eigenvalue weighted by Crippen LogP contribution is -2.60. The van der Waals surface area contributed by atoms with Gasteiger partial charge in [-0.2, -0.15) is 0 Å². The summed E-state index contributed by atoms with van der Waals surface area (Å²) >= 11 is 0. The van der Waals surface area contributed by atoms with Gasteiger partial charge in [0, 0.05) is 7.11 Å². The number of fused-ring (bicyclic) bond motifs is 2. The Hall–Kier alpha value is -0.820. The van der Waals surface area contributed by atoms with Crippen molar-refractivity contribution in [3.63, 3.8) is 0 Å². The third-order valence-electron chi connectivity index (χ3n) is 7.73. The molecule has 0 aromatic heterocycles. The van der Waals surface area contributed by atoms with Crippen LogP contribution in [0, 0.1) is 17.3 Å². The monoisotopic (exact) mass is 446 g/mol. The van der Waals surface area contributed by atoms with E-state index >= 15 is 0 Å². The van der Waals surface area contributed by atoms with E-state index in [1.54, 1.807) is 0 Å². The molecule has 0 spiro atoms. The van der Waals surface area contributed by atoms with Gasteiger partial charge in [0.25, 0.3) is 0 Å². The van der Waals surface area contributed by atoms with E-state index < -0.39 is 55.3 Å². The largest absolute Gasteiger partial charge is 0.463 e. The van der Waals surface area contributed by atoms with E-state index in [2.05, 4.69) is 13.8 Å². The summed E-state index contributed by atoms with van der Waals surface area (Å²) in [5.74, 6) is 0.940. The molecular formula is C21H34O10. The van der Waals surface area contributed by atoms with Gasteiger partial charge in [-0.1, -0.05) is 13.8 Å². The molecule has 5 fully saturated rings. The minimum Gasteiger partial charge on any atom is -0.463 e. The maximum Gasteiger partial charge on any atom is 0.228 e. The predicted molar refractivity (Wildman–Crippen MR) is 104 cm³/mol. The summed E-state index contributed by atoms with van der Waals surface area (Å²) in [4.78, 5) is 0. The molecule has 0 amide bonds. The summed E-state index contributed by atoms with van der Waals surface area (Å²) < 4.78 is 22.4. The van der Waals surface area contributed by atoms with Gasteiger partial charge in [-0.3, -0.25) is 0 Å². The Morgan fingerprint density at radius 2 is 1.61 bits per heavy atom. The van der Waals surface area contributed by atoms with E-state index in [1.165, 1.54) is 7.11 Å². The zero-order chi connectivity index (χ0) is 22.7. The minimum atomic E-state index is -1.54. The zero-order valence-electron chi connectivity index (χ0n) is 18.0. The highest BCUT2D eigenvalue weighted by atomic mass is 16.7. The molecule has 3 saturated carbocycles. The summed E-state index contributed by atoms with van der Waals surface area (Å²) in [6.07, 6.45) is -9.87. The second-order valence-electron chi connectivity index (χ2n) is 9.74. The normalized spacial score (nSPS) is 51.1. The maximum absolute atomic E-state index is 10.7. The average Bonchev–Trinajstić information content (AvgIpc) is 2.76. The van der Waals surface area contributed by atoms with E-state index in [0.717, 1.165) is 18.4 Å². The Balaban J connectivity index is 1.69. The zero-order valence-corrected chi connectivity index (χ0v) is 18.0. The topological polar surface area (TPSA) is 158 Å². The number of hydrogen-bond donors (Lipinski definition) is 6. The van der Waals surface area contributed by atoms with Crippen LogP contribution in [0.15, 0.2) is 11.3 Å². The Kier molecular flexibility index (Phi) is 6.41. The second-order valence-corrected chi connectivity index (χ2v) is 9.74. The number of methoxy groups -OCH3 is 1. The average molecular weight is 446 g/mol. The van der Waals surface area contributed by atoms with Crippen molar-refractivity contribution >= 4 is 0 Å². The first kappa shape index (κ1) is 23.3. The molecule has 10 nitrogen and oxygen atoms in total. The van der Waals surface area contributed by atoms with Crippen LogP contribution in [0.25, 0.3) is 0 Å². The molecule has 2 aliphatic heterocycles. The fourth-order valence-electron chi connectivity index (χ4n) is 5.49. The quantitative estimate of drug-likeness (QED) is 0.284. The van der Waals surface area contributed by atoms with E-state index in [-0.39, 0.29) is 23.7 Å². The number of rotatable bonds is 4. The molecule has 3 aliphatic carbocycles. The molecule has 31 heavy (non-hydrogen) atoms. The van der Waals surface area contributed by atoms with Crippen molar-refractivity contribution < 1.29 is 49.6 Å². The molecule has 0 aromatic carbocycles. The minimum absolute atomic E-state index is 0.0162. The predicted octanol–water partition coefficient (Wildman–Crippen LogP) is -1.39. The first-order chi connectivity index (χ1) is 14.6. The standard InChI is InChI=1S/C21H34O10/c1-21(2)8-4-5-9(10(21)6-8)17(30-20-15(26)12(23)11(22)7-29-20)18-14(25)13(24)16(27)19(28-3)31-18/h8,10-16,18-20,22-27H,4-7H2,1-3H3/b17-9-/t8?,10?,11-,12-,13-,14-,15+,16+,18+,19-,20-/m0/s1. The van der Waals surface area contributed by atoms with Crippen LogP contribution >= 0.6 is 0 Å². The third kappa shape index (κ3) is 3.81. The Bertz CT molecular complexity index is 692. The fourth-order valence-corrected chi connectivity index (χ4v) is 5.49. The molecule has 6 N–H and O–H groups in total. The van der Waals surface area contributed by atoms with Crippen LogP contribution in [0.2, 0.25) is 0 Å². The highest BCUT2D eigenvalue weighted by molar-refractivity contribution is 5.28. The summed E-state index contributed by atoms with van der Waals surface area (Å²) in [6, 6.07) is 0. The van der Waals surface area contributed by atoms with Gasteiger partial charge in [0.2, 0.25) is 6.29 Å². The lowest BCUT2D eigenvalue weighted by Gasteiger charge is -2.58. The van der Waals surface area contributed by atoms with E-state index in [1.807, 2.05) is 0 Å². The van der Waals surface area contributed by atoms with Gasteiger partial charge < -0.3 is 49.6 Å². The number of hydrogen-bond acceptors (Lipinski definition) is 10. The molecule has 2 unspecified atom stereocenters. The molecular weight excluding hydrogens is 412 g/mol. The van der Waals surface area contributed by atoms with Gasteiger partial charge in [-0.15, -0.1) is 0 Å². The number of ether oxygens (including phenoxy) is 4. The van der Waals surface area contributed by atoms with Crippen LogP contribution in [-0.2, 0) is 18.9 Å². The van der Waals surface area contributed by atoms with Crippen molar-refractivity contribution in [2.75, 3.05) is 13.7 Å². The van der Waals surface area contributed by atoms with Crippen molar-refractivity contribution in [2.45, 2.75) is 88.4 Å². The Morgan fingerprint density at radius 1 is 0.935 bits per heavy atom. The van der Waals surface area contributed by atoms with Crippen LogP contribution < -0.4 is 0 Å². The summed E-state index contributed by atoms with van der Waals surface area (Å²) in [6.45, 7) is 4.10. The van der Waals surface area contributed by atoms with Gasteiger partial charge in [0.05, 0.1) is 6.61 Å². The van der Waals surface area contributed by atoms with Crippen molar-refractivity contribution in [2.24, 2.45) is 17.3 Å². The van der Waals surface area contributed by atoms with Crippen molar-refractivity contribution in [1.29, 1.82) is 0 Å². The van der Waals surface area contributed by atoms with Crippen LogP contribution in [0.4, 0.5) is 0 Å². The van der Waals surface area contributed by atoms with Crippen molar-refractivity contribution in [1.82, 2.24) is 0 Å². The smallest absolute Gasteiger partial charge is 0.228 e.